The van der Waals surface area contributed by atoms with Gasteiger partial charge in [0.2, 0.25) is 0 Å². The van der Waals surface area contributed by atoms with Crippen LogP contribution in [0.4, 0.5) is 0 Å². The Labute approximate surface area is 197 Å². The molecule has 0 spiro atoms. The van der Waals surface area contributed by atoms with Crippen LogP contribution < -0.4 is 4.74 Å². The highest BCUT2D eigenvalue weighted by Gasteiger charge is 2.14. The summed E-state index contributed by atoms with van der Waals surface area (Å²) >= 11 is 0. The Bertz CT molecular complexity index is 1140. The first-order valence-electron chi connectivity index (χ1n) is 11.5. The van der Waals surface area contributed by atoms with E-state index in [0.717, 1.165) is 45.6 Å². The van der Waals surface area contributed by atoms with Gasteiger partial charge >= 0.3 is 5.97 Å². The summed E-state index contributed by atoms with van der Waals surface area (Å²) in [6.45, 7) is 8.97. The van der Waals surface area contributed by atoms with Crippen molar-refractivity contribution in [2.75, 3.05) is 6.61 Å². The summed E-state index contributed by atoms with van der Waals surface area (Å²) in [6, 6.07) is 24.0. The molecule has 33 heavy (non-hydrogen) atoms. The SMILES string of the molecule is CC/C=C\C(=C(/C)c1cc(C)ccc1OCc1ccccc1)c1cccc(C(=O)OCC)c1. The molecular weight excluding hydrogens is 408 g/mol. The first-order chi connectivity index (χ1) is 16.0. The zero-order valence-corrected chi connectivity index (χ0v) is 19.9. The first kappa shape index (κ1) is 24.1. The molecule has 0 unspecified atom stereocenters. The third kappa shape index (κ3) is 6.45. The Morgan fingerprint density at radius 2 is 1.67 bits per heavy atom. The summed E-state index contributed by atoms with van der Waals surface area (Å²) in [7, 11) is 0. The number of allylic oxidation sites excluding steroid dienone is 4. The highest BCUT2D eigenvalue weighted by atomic mass is 16.5. The normalized spacial score (nSPS) is 11.9. The highest BCUT2D eigenvalue weighted by Crippen LogP contribution is 2.34. The summed E-state index contributed by atoms with van der Waals surface area (Å²) in [5.74, 6) is 0.532. The number of esters is 1. The predicted octanol–water partition coefficient (Wildman–Crippen LogP) is 7.65. The Morgan fingerprint density at radius 1 is 0.909 bits per heavy atom. The van der Waals surface area contributed by atoms with Gasteiger partial charge < -0.3 is 9.47 Å². The molecule has 0 aliphatic rings. The Balaban J connectivity index is 2.06. The molecule has 3 heteroatoms. The fourth-order valence-corrected chi connectivity index (χ4v) is 3.64. The van der Waals surface area contributed by atoms with Crippen LogP contribution in [0.25, 0.3) is 11.1 Å². The van der Waals surface area contributed by atoms with Crippen molar-refractivity contribution in [2.24, 2.45) is 0 Å². The lowest BCUT2D eigenvalue weighted by Crippen LogP contribution is -2.05. The topological polar surface area (TPSA) is 35.5 Å². The van der Waals surface area contributed by atoms with Crippen LogP contribution in [-0.4, -0.2) is 12.6 Å². The van der Waals surface area contributed by atoms with Gasteiger partial charge in [-0.05, 0) is 73.7 Å². The second-order valence-corrected chi connectivity index (χ2v) is 7.92. The quantitative estimate of drug-likeness (QED) is 0.195. The molecule has 3 aromatic rings. The maximum Gasteiger partial charge on any atom is 0.338 e. The Kier molecular flexibility index (Phi) is 8.65. The van der Waals surface area contributed by atoms with Crippen LogP contribution in [-0.2, 0) is 11.3 Å². The van der Waals surface area contributed by atoms with Gasteiger partial charge in [-0.3, -0.25) is 0 Å². The lowest BCUT2D eigenvalue weighted by Gasteiger charge is -2.16. The van der Waals surface area contributed by atoms with E-state index in [2.05, 4.69) is 57.2 Å². The third-order valence-electron chi connectivity index (χ3n) is 5.39. The number of carbonyl (C=O) groups excluding carboxylic acids is 1. The number of benzene rings is 3. The third-order valence-corrected chi connectivity index (χ3v) is 5.39. The highest BCUT2D eigenvalue weighted by molar-refractivity contribution is 5.98. The van der Waals surface area contributed by atoms with E-state index in [1.54, 1.807) is 6.07 Å². The van der Waals surface area contributed by atoms with Gasteiger partial charge in [-0.1, -0.05) is 73.2 Å². The molecule has 0 fully saturated rings. The van der Waals surface area contributed by atoms with Crippen LogP contribution in [0.2, 0.25) is 0 Å². The molecule has 170 valence electrons. The lowest BCUT2D eigenvalue weighted by atomic mass is 9.93. The van der Waals surface area contributed by atoms with Crippen LogP contribution in [0.15, 0.2) is 84.9 Å². The van der Waals surface area contributed by atoms with E-state index in [9.17, 15) is 4.79 Å². The molecule has 0 aromatic heterocycles. The molecule has 0 atom stereocenters. The molecule has 0 aliphatic heterocycles. The average Bonchev–Trinajstić information content (AvgIpc) is 2.84. The number of rotatable bonds is 9. The molecule has 3 nitrogen and oxygen atoms in total. The van der Waals surface area contributed by atoms with E-state index in [-0.39, 0.29) is 5.97 Å². The van der Waals surface area contributed by atoms with Gasteiger partial charge in [0.1, 0.15) is 12.4 Å². The molecular formula is C30H32O3. The summed E-state index contributed by atoms with van der Waals surface area (Å²) in [5.41, 5.74) is 7.00. The summed E-state index contributed by atoms with van der Waals surface area (Å²) in [6.07, 6.45) is 5.18. The van der Waals surface area contributed by atoms with E-state index < -0.39 is 0 Å². The molecule has 0 N–H and O–H groups in total. The van der Waals surface area contributed by atoms with Gasteiger partial charge in [0.15, 0.2) is 0 Å². The molecule has 0 bridgehead atoms. The minimum Gasteiger partial charge on any atom is -0.488 e. The van der Waals surface area contributed by atoms with Gasteiger partial charge in [-0.2, -0.15) is 0 Å². The van der Waals surface area contributed by atoms with Gasteiger partial charge in [0.25, 0.3) is 0 Å². The number of aryl methyl sites for hydroxylation is 1. The lowest BCUT2D eigenvalue weighted by molar-refractivity contribution is 0.0526. The van der Waals surface area contributed by atoms with Gasteiger partial charge in [0, 0.05) is 5.56 Å². The van der Waals surface area contributed by atoms with Gasteiger partial charge in [-0.25, -0.2) is 4.79 Å². The van der Waals surface area contributed by atoms with Crippen molar-refractivity contribution < 1.29 is 14.3 Å². The van der Waals surface area contributed by atoms with Crippen LogP contribution >= 0.6 is 0 Å². The van der Waals surface area contributed by atoms with Crippen molar-refractivity contribution in [3.05, 3.63) is 113 Å². The van der Waals surface area contributed by atoms with E-state index in [4.69, 9.17) is 9.47 Å². The standard InChI is InChI=1S/C30H32O3/c1-5-7-16-27(25-14-11-15-26(20-25)30(31)32-6-2)23(4)28-19-22(3)17-18-29(28)33-21-24-12-9-8-10-13-24/h7-20H,5-6,21H2,1-4H3/b16-7-,27-23-. The minimum absolute atomic E-state index is 0.307. The van der Waals surface area contributed by atoms with Crippen molar-refractivity contribution in [3.63, 3.8) is 0 Å². The molecule has 0 saturated heterocycles. The second-order valence-electron chi connectivity index (χ2n) is 7.92. The smallest absolute Gasteiger partial charge is 0.338 e. The van der Waals surface area contributed by atoms with Crippen LogP contribution in [0.1, 0.15) is 59.8 Å². The first-order valence-corrected chi connectivity index (χ1v) is 11.5. The average molecular weight is 441 g/mol. The monoisotopic (exact) mass is 440 g/mol. The molecule has 3 rings (SSSR count). The summed E-state index contributed by atoms with van der Waals surface area (Å²) < 4.78 is 11.5. The maximum atomic E-state index is 12.3. The predicted molar refractivity (Wildman–Crippen MR) is 136 cm³/mol. The molecule has 3 aromatic carbocycles. The number of hydrogen-bond donors (Lipinski definition) is 0. The van der Waals surface area contributed by atoms with E-state index >= 15 is 0 Å². The van der Waals surface area contributed by atoms with E-state index in [1.807, 2.05) is 49.4 Å². The van der Waals surface area contributed by atoms with Crippen molar-refractivity contribution in [3.8, 4) is 5.75 Å². The molecule has 0 amide bonds. The fourth-order valence-electron chi connectivity index (χ4n) is 3.64. The number of carbonyl (C=O) groups is 1. The fraction of sp³-hybridized carbons (Fsp3) is 0.233. The van der Waals surface area contributed by atoms with Gasteiger partial charge in [-0.15, -0.1) is 0 Å². The maximum absolute atomic E-state index is 12.3. The summed E-state index contributed by atoms with van der Waals surface area (Å²) in [5, 5.41) is 0. The zero-order chi connectivity index (χ0) is 23.6. The van der Waals surface area contributed by atoms with Crippen LogP contribution in [0, 0.1) is 6.92 Å². The molecule has 0 aliphatic carbocycles. The Hall–Kier alpha value is -3.59. The van der Waals surface area contributed by atoms with Crippen LogP contribution in [0.5, 0.6) is 5.75 Å². The summed E-state index contributed by atoms with van der Waals surface area (Å²) in [4.78, 5) is 12.3. The minimum atomic E-state index is -0.307. The zero-order valence-electron chi connectivity index (χ0n) is 19.9. The Morgan fingerprint density at radius 3 is 2.39 bits per heavy atom. The molecule has 0 heterocycles. The number of ether oxygens (including phenoxy) is 2. The van der Waals surface area contributed by atoms with Crippen molar-refractivity contribution in [1.82, 2.24) is 0 Å². The second kappa shape index (κ2) is 11.9. The van der Waals surface area contributed by atoms with Crippen LogP contribution in [0.3, 0.4) is 0 Å². The van der Waals surface area contributed by atoms with E-state index in [1.165, 1.54) is 0 Å². The van der Waals surface area contributed by atoms with E-state index in [0.29, 0.717) is 18.8 Å². The molecule has 0 radical (unpaired) electrons. The van der Waals surface area contributed by atoms with Crippen molar-refractivity contribution >= 4 is 17.1 Å². The molecule has 0 saturated carbocycles. The van der Waals surface area contributed by atoms with Crippen molar-refractivity contribution in [1.29, 1.82) is 0 Å². The largest absolute Gasteiger partial charge is 0.488 e. The van der Waals surface area contributed by atoms with Gasteiger partial charge in [0.05, 0.1) is 12.2 Å². The van der Waals surface area contributed by atoms with Crippen molar-refractivity contribution in [2.45, 2.75) is 40.7 Å². The number of hydrogen-bond acceptors (Lipinski definition) is 3.